The van der Waals surface area contributed by atoms with Gasteiger partial charge in [0.15, 0.2) is 0 Å². The zero-order valence-corrected chi connectivity index (χ0v) is 16.3. The molecule has 0 saturated heterocycles. The minimum absolute atomic E-state index is 0.196. The summed E-state index contributed by atoms with van der Waals surface area (Å²) >= 11 is 0. The van der Waals surface area contributed by atoms with Gasteiger partial charge in [-0.1, -0.05) is 24.3 Å². The van der Waals surface area contributed by atoms with Crippen molar-refractivity contribution < 1.29 is 14.6 Å². The lowest BCUT2D eigenvalue weighted by molar-refractivity contribution is -0.118. The van der Waals surface area contributed by atoms with Crippen LogP contribution in [0.15, 0.2) is 60.9 Å². The number of benzene rings is 2. The molecule has 0 bridgehead atoms. The molecule has 3 heterocycles. The predicted octanol–water partition coefficient (Wildman–Crippen LogP) is 3.21. The Morgan fingerprint density at radius 1 is 0.966 bits per heavy atom. The summed E-state index contributed by atoms with van der Waals surface area (Å²) in [6, 6.07) is 15.3. The molecule has 0 spiro atoms. The highest BCUT2D eigenvalue weighted by Gasteiger charge is 2.38. The molecule has 146 valence electrons. The van der Waals surface area contributed by atoms with Gasteiger partial charge in [-0.2, -0.15) is 0 Å². The Hall–Kier alpha value is -3.18. The third-order valence-corrected chi connectivity index (χ3v) is 6.06. The topological polar surface area (TPSA) is 62.7 Å². The molecule has 1 amide bonds. The number of pyridine rings is 1. The van der Waals surface area contributed by atoms with E-state index in [0.717, 1.165) is 46.5 Å². The molecule has 1 unspecified atom stereocenters. The SMILES string of the molecule is COc1cccc(C(O)(c2ccncc2)c2cc3c4c(c2)CCN4C(=O)CC3)c1. The number of aryl methyl sites for hydroxylation is 1. The number of aliphatic hydroxyl groups is 1. The van der Waals surface area contributed by atoms with Crippen LogP contribution in [0, 0.1) is 0 Å². The van der Waals surface area contributed by atoms with Gasteiger partial charge in [0, 0.05) is 25.4 Å². The van der Waals surface area contributed by atoms with Crippen molar-refractivity contribution in [3.63, 3.8) is 0 Å². The summed E-state index contributed by atoms with van der Waals surface area (Å²) in [5.41, 5.74) is 4.24. The van der Waals surface area contributed by atoms with Crippen molar-refractivity contribution in [1.29, 1.82) is 0 Å². The normalized spacial score (nSPS) is 17.0. The third-order valence-electron chi connectivity index (χ3n) is 6.06. The number of amides is 1. The van der Waals surface area contributed by atoms with E-state index >= 15 is 0 Å². The van der Waals surface area contributed by atoms with Crippen LogP contribution in [0.5, 0.6) is 5.75 Å². The van der Waals surface area contributed by atoms with Crippen LogP contribution in [0.25, 0.3) is 0 Å². The molecular weight excluding hydrogens is 364 g/mol. The number of methoxy groups -OCH3 is 1. The fourth-order valence-corrected chi connectivity index (χ4v) is 4.61. The van der Waals surface area contributed by atoms with Crippen molar-refractivity contribution in [3.8, 4) is 5.75 Å². The Labute approximate surface area is 169 Å². The molecule has 2 aromatic carbocycles. The lowest BCUT2D eigenvalue weighted by Gasteiger charge is -2.33. The maximum Gasteiger partial charge on any atom is 0.227 e. The molecule has 2 aliphatic rings. The number of ether oxygens (including phenoxy) is 1. The zero-order chi connectivity index (χ0) is 20.0. The van der Waals surface area contributed by atoms with Crippen LogP contribution < -0.4 is 9.64 Å². The maximum atomic E-state index is 12.3. The van der Waals surface area contributed by atoms with Crippen molar-refractivity contribution in [2.75, 3.05) is 18.6 Å². The van der Waals surface area contributed by atoms with Gasteiger partial charge >= 0.3 is 0 Å². The van der Waals surface area contributed by atoms with E-state index in [2.05, 4.69) is 17.1 Å². The lowest BCUT2D eigenvalue weighted by Crippen LogP contribution is -2.33. The van der Waals surface area contributed by atoms with E-state index in [4.69, 9.17) is 4.74 Å². The fourth-order valence-electron chi connectivity index (χ4n) is 4.61. The Morgan fingerprint density at radius 3 is 2.48 bits per heavy atom. The van der Waals surface area contributed by atoms with E-state index in [1.807, 2.05) is 41.3 Å². The van der Waals surface area contributed by atoms with Crippen molar-refractivity contribution in [2.45, 2.75) is 24.9 Å². The van der Waals surface area contributed by atoms with E-state index < -0.39 is 5.60 Å². The van der Waals surface area contributed by atoms with Gasteiger partial charge in [-0.15, -0.1) is 0 Å². The average molecular weight is 386 g/mol. The fraction of sp³-hybridized carbons (Fsp3) is 0.250. The number of anilines is 1. The summed E-state index contributed by atoms with van der Waals surface area (Å²) in [5, 5.41) is 12.2. The summed E-state index contributed by atoms with van der Waals surface area (Å²) in [4.78, 5) is 18.3. The quantitative estimate of drug-likeness (QED) is 0.748. The smallest absolute Gasteiger partial charge is 0.227 e. The van der Waals surface area contributed by atoms with Gasteiger partial charge in [-0.05, 0) is 64.9 Å². The Kier molecular flexibility index (Phi) is 4.14. The van der Waals surface area contributed by atoms with E-state index in [0.29, 0.717) is 18.6 Å². The van der Waals surface area contributed by atoms with E-state index in [-0.39, 0.29) is 5.91 Å². The predicted molar refractivity (Wildman–Crippen MR) is 110 cm³/mol. The molecule has 1 N–H and O–H groups in total. The summed E-state index contributed by atoms with van der Waals surface area (Å²) in [5.74, 6) is 0.885. The first kappa shape index (κ1) is 17.9. The molecule has 29 heavy (non-hydrogen) atoms. The number of nitrogens with zero attached hydrogens (tertiary/aromatic N) is 2. The van der Waals surface area contributed by atoms with Crippen molar-refractivity contribution >= 4 is 11.6 Å². The number of aromatic nitrogens is 1. The second kappa shape index (κ2) is 6.71. The van der Waals surface area contributed by atoms with Gasteiger partial charge in [0.25, 0.3) is 0 Å². The van der Waals surface area contributed by atoms with E-state index in [9.17, 15) is 9.90 Å². The van der Waals surface area contributed by atoms with Gasteiger partial charge in [0.1, 0.15) is 11.4 Å². The third kappa shape index (κ3) is 2.73. The van der Waals surface area contributed by atoms with Gasteiger partial charge in [0.05, 0.1) is 12.8 Å². The van der Waals surface area contributed by atoms with Crippen molar-refractivity contribution in [3.05, 3.63) is 88.7 Å². The van der Waals surface area contributed by atoms with Crippen LogP contribution in [0.2, 0.25) is 0 Å². The molecule has 0 radical (unpaired) electrons. The first-order chi connectivity index (χ1) is 14.1. The molecule has 5 rings (SSSR count). The maximum absolute atomic E-state index is 12.3. The summed E-state index contributed by atoms with van der Waals surface area (Å²) < 4.78 is 5.41. The highest BCUT2D eigenvalue weighted by molar-refractivity contribution is 5.98. The van der Waals surface area contributed by atoms with Gasteiger partial charge in [0.2, 0.25) is 5.91 Å². The number of carbonyl (C=O) groups is 1. The summed E-state index contributed by atoms with van der Waals surface area (Å²) in [6.45, 7) is 0.720. The van der Waals surface area contributed by atoms with Crippen molar-refractivity contribution in [2.24, 2.45) is 0 Å². The number of carbonyl (C=O) groups excluding carboxylic acids is 1. The highest BCUT2D eigenvalue weighted by Crippen LogP contribution is 2.43. The highest BCUT2D eigenvalue weighted by atomic mass is 16.5. The first-order valence-electron chi connectivity index (χ1n) is 9.85. The number of hydrogen-bond donors (Lipinski definition) is 1. The standard InChI is InChI=1S/C24H22N2O3/c1-29-21-4-2-3-19(15-21)24(28,18-7-10-25-11-8-18)20-13-16-5-6-22(27)26-12-9-17(14-20)23(16)26/h2-4,7-8,10-11,13-15,28H,5-6,9,12H2,1H3. The molecule has 5 heteroatoms. The monoisotopic (exact) mass is 386 g/mol. The van der Waals surface area contributed by atoms with Crippen LogP contribution >= 0.6 is 0 Å². The molecular formula is C24H22N2O3. The molecule has 0 fully saturated rings. The molecule has 3 aromatic rings. The van der Waals surface area contributed by atoms with Crippen LogP contribution in [0.4, 0.5) is 5.69 Å². The summed E-state index contributed by atoms with van der Waals surface area (Å²) in [6.07, 6.45) is 5.42. The van der Waals surface area contributed by atoms with E-state index in [1.54, 1.807) is 19.5 Å². The zero-order valence-electron chi connectivity index (χ0n) is 16.3. The van der Waals surface area contributed by atoms with Crippen LogP contribution in [-0.2, 0) is 23.2 Å². The molecule has 0 aliphatic carbocycles. The van der Waals surface area contributed by atoms with E-state index in [1.165, 1.54) is 0 Å². The second-order valence-electron chi connectivity index (χ2n) is 7.62. The van der Waals surface area contributed by atoms with Crippen molar-refractivity contribution in [1.82, 2.24) is 4.98 Å². The number of hydrogen-bond acceptors (Lipinski definition) is 4. The Balaban J connectivity index is 1.74. The Bertz CT molecular complexity index is 1100. The Morgan fingerprint density at radius 2 is 1.72 bits per heavy atom. The molecule has 1 aromatic heterocycles. The minimum atomic E-state index is -1.35. The summed E-state index contributed by atoms with van der Waals surface area (Å²) in [7, 11) is 1.62. The second-order valence-corrected chi connectivity index (χ2v) is 7.62. The molecule has 0 saturated carbocycles. The lowest BCUT2D eigenvalue weighted by atomic mass is 9.78. The van der Waals surface area contributed by atoms with Crippen LogP contribution in [0.3, 0.4) is 0 Å². The molecule has 5 nitrogen and oxygen atoms in total. The average Bonchev–Trinajstić information content (AvgIpc) is 3.22. The van der Waals surface area contributed by atoms with Crippen LogP contribution in [-0.4, -0.2) is 29.7 Å². The first-order valence-corrected chi connectivity index (χ1v) is 9.85. The van der Waals surface area contributed by atoms with Gasteiger partial charge < -0.3 is 14.7 Å². The largest absolute Gasteiger partial charge is 0.497 e. The minimum Gasteiger partial charge on any atom is -0.497 e. The van der Waals surface area contributed by atoms with Gasteiger partial charge in [-0.25, -0.2) is 0 Å². The molecule has 1 atom stereocenters. The molecule has 2 aliphatic heterocycles. The number of rotatable bonds is 4. The van der Waals surface area contributed by atoms with Crippen LogP contribution in [0.1, 0.15) is 34.2 Å². The van der Waals surface area contributed by atoms with Gasteiger partial charge in [-0.3, -0.25) is 9.78 Å².